The Morgan fingerprint density at radius 1 is 1.33 bits per heavy atom. The van der Waals surface area contributed by atoms with E-state index in [1.807, 2.05) is 18.2 Å². The standard InChI is InChI=1S/C19H23FN2O2/c20-15-6-7-17-18(5-3-9-24-19(17)11-15)22-12-14(13-23)10-16-4-1-2-8-21-16/h1-2,4,6-8,11,14,18,22-23H,3,5,9-10,12-13H2/t14-,18-/m0/s1. The molecule has 3 rings (SSSR count). The second-order valence-electron chi connectivity index (χ2n) is 6.21. The van der Waals surface area contributed by atoms with Gasteiger partial charge in [-0.05, 0) is 43.4 Å². The van der Waals surface area contributed by atoms with E-state index >= 15 is 0 Å². The zero-order valence-corrected chi connectivity index (χ0v) is 13.6. The SMILES string of the molecule is OC[C@H](CN[C@H]1CCCOc2cc(F)ccc21)Cc1ccccn1. The number of halogens is 1. The van der Waals surface area contributed by atoms with Gasteiger partial charge in [-0.15, -0.1) is 0 Å². The van der Waals surface area contributed by atoms with Gasteiger partial charge in [0.2, 0.25) is 0 Å². The molecule has 0 saturated carbocycles. The van der Waals surface area contributed by atoms with Crippen LogP contribution >= 0.6 is 0 Å². The molecule has 0 unspecified atom stereocenters. The molecule has 128 valence electrons. The first-order valence-electron chi connectivity index (χ1n) is 8.42. The third kappa shape index (κ3) is 4.30. The summed E-state index contributed by atoms with van der Waals surface area (Å²) in [5.41, 5.74) is 1.97. The molecule has 5 heteroatoms. The van der Waals surface area contributed by atoms with Crippen molar-refractivity contribution in [2.75, 3.05) is 19.8 Å². The van der Waals surface area contributed by atoms with Gasteiger partial charge in [0.15, 0.2) is 0 Å². The van der Waals surface area contributed by atoms with E-state index in [2.05, 4.69) is 10.3 Å². The summed E-state index contributed by atoms with van der Waals surface area (Å²) >= 11 is 0. The summed E-state index contributed by atoms with van der Waals surface area (Å²) in [5, 5.41) is 13.2. The third-order valence-corrected chi connectivity index (χ3v) is 4.38. The average Bonchev–Trinajstić information content (AvgIpc) is 2.81. The first-order chi connectivity index (χ1) is 11.8. The van der Waals surface area contributed by atoms with Crippen LogP contribution in [0.1, 0.15) is 30.1 Å². The Hall–Kier alpha value is -1.98. The summed E-state index contributed by atoms with van der Waals surface area (Å²) < 4.78 is 19.1. The van der Waals surface area contributed by atoms with Crippen LogP contribution in [-0.2, 0) is 6.42 Å². The monoisotopic (exact) mass is 330 g/mol. The van der Waals surface area contributed by atoms with Crippen molar-refractivity contribution in [3.05, 3.63) is 59.7 Å². The van der Waals surface area contributed by atoms with Crippen LogP contribution in [-0.4, -0.2) is 29.8 Å². The topological polar surface area (TPSA) is 54.4 Å². The second-order valence-corrected chi connectivity index (χ2v) is 6.21. The highest BCUT2D eigenvalue weighted by Gasteiger charge is 2.21. The number of aliphatic hydroxyl groups is 1. The number of nitrogens with zero attached hydrogens (tertiary/aromatic N) is 1. The summed E-state index contributed by atoms with van der Waals surface area (Å²) in [6.07, 6.45) is 4.34. The maximum absolute atomic E-state index is 13.4. The van der Waals surface area contributed by atoms with Gasteiger partial charge in [0.05, 0.1) is 6.61 Å². The first-order valence-corrected chi connectivity index (χ1v) is 8.42. The van der Waals surface area contributed by atoms with Gasteiger partial charge in [-0.2, -0.15) is 0 Å². The summed E-state index contributed by atoms with van der Waals surface area (Å²) in [7, 11) is 0. The number of pyridine rings is 1. The van der Waals surface area contributed by atoms with Crippen LogP contribution in [0.3, 0.4) is 0 Å². The number of hydrogen-bond donors (Lipinski definition) is 2. The van der Waals surface area contributed by atoms with E-state index in [9.17, 15) is 9.50 Å². The number of aromatic nitrogens is 1. The number of nitrogens with one attached hydrogen (secondary N) is 1. The smallest absolute Gasteiger partial charge is 0.126 e. The zero-order chi connectivity index (χ0) is 16.8. The van der Waals surface area contributed by atoms with Crippen molar-refractivity contribution in [2.45, 2.75) is 25.3 Å². The molecule has 0 radical (unpaired) electrons. The Balaban J connectivity index is 1.65. The fraction of sp³-hybridized carbons (Fsp3) is 0.421. The number of aliphatic hydroxyl groups excluding tert-OH is 1. The Labute approximate surface area is 141 Å². The first kappa shape index (κ1) is 16.9. The molecule has 2 atom stereocenters. The van der Waals surface area contributed by atoms with E-state index in [1.165, 1.54) is 12.1 Å². The third-order valence-electron chi connectivity index (χ3n) is 4.38. The van der Waals surface area contributed by atoms with Crippen molar-refractivity contribution in [2.24, 2.45) is 5.92 Å². The zero-order valence-electron chi connectivity index (χ0n) is 13.6. The maximum Gasteiger partial charge on any atom is 0.126 e. The van der Waals surface area contributed by atoms with Crippen molar-refractivity contribution in [3.63, 3.8) is 0 Å². The Kier molecular flexibility index (Phi) is 5.77. The highest BCUT2D eigenvalue weighted by atomic mass is 19.1. The van der Waals surface area contributed by atoms with Gasteiger partial charge in [0.25, 0.3) is 0 Å². The quantitative estimate of drug-likeness (QED) is 0.855. The fourth-order valence-corrected chi connectivity index (χ4v) is 3.08. The van der Waals surface area contributed by atoms with Crippen molar-refractivity contribution >= 4 is 0 Å². The van der Waals surface area contributed by atoms with Crippen molar-refractivity contribution < 1.29 is 14.2 Å². The molecule has 2 N–H and O–H groups in total. The fourth-order valence-electron chi connectivity index (χ4n) is 3.08. The number of fused-ring (bicyclic) bond motifs is 1. The molecular formula is C19H23FN2O2. The van der Waals surface area contributed by atoms with E-state index in [0.29, 0.717) is 18.9 Å². The molecule has 4 nitrogen and oxygen atoms in total. The normalized spacial score (nSPS) is 18.3. The lowest BCUT2D eigenvalue weighted by atomic mass is 9.99. The lowest BCUT2D eigenvalue weighted by molar-refractivity contribution is 0.216. The van der Waals surface area contributed by atoms with Gasteiger partial charge in [-0.1, -0.05) is 12.1 Å². The number of rotatable bonds is 6. The molecule has 2 aromatic rings. The van der Waals surface area contributed by atoms with E-state index in [0.717, 1.165) is 30.5 Å². The Morgan fingerprint density at radius 2 is 2.25 bits per heavy atom. The van der Waals surface area contributed by atoms with Gasteiger partial charge in [0, 0.05) is 42.7 Å². The molecule has 1 aliphatic heterocycles. The minimum Gasteiger partial charge on any atom is -0.493 e. The van der Waals surface area contributed by atoms with Gasteiger partial charge in [-0.3, -0.25) is 4.98 Å². The molecule has 0 aliphatic carbocycles. The highest BCUT2D eigenvalue weighted by molar-refractivity contribution is 5.37. The molecule has 0 fully saturated rings. The summed E-state index contributed by atoms with van der Waals surface area (Å²) in [5.74, 6) is 0.432. The lowest BCUT2D eigenvalue weighted by Crippen LogP contribution is -2.30. The number of benzene rings is 1. The molecule has 24 heavy (non-hydrogen) atoms. The summed E-state index contributed by atoms with van der Waals surface area (Å²) in [6, 6.07) is 10.6. The molecule has 0 saturated heterocycles. The van der Waals surface area contributed by atoms with E-state index in [1.54, 1.807) is 12.3 Å². The number of hydrogen-bond acceptors (Lipinski definition) is 4. The minimum atomic E-state index is -0.280. The van der Waals surface area contributed by atoms with Crippen molar-refractivity contribution in [3.8, 4) is 5.75 Å². The van der Waals surface area contributed by atoms with E-state index in [4.69, 9.17) is 4.74 Å². The van der Waals surface area contributed by atoms with Crippen LogP contribution in [0, 0.1) is 11.7 Å². The molecule has 1 aliphatic rings. The van der Waals surface area contributed by atoms with E-state index < -0.39 is 0 Å². The van der Waals surface area contributed by atoms with Crippen LogP contribution in [0.25, 0.3) is 0 Å². The molecule has 2 heterocycles. The van der Waals surface area contributed by atoms with Crippen LogP contribution in [0.4, 0.5) is 4.39 Å². The Morgan fingerprint density at radius 3 is 3.04 bits per heavy atom. The van der Waals surface area contributed by atoms with E-state index in [-0.39, 0.29) is 24.4 Å². The van der Waals surface area contributed by atoms with Crippen molar-refractivity contribution in [1.29, 1.82) is 0 Å². The van der Waals surface area contributed by atoms with Crippen LogP contribution < -0.4 is 10.1 Å². The van der Waals surface area contributed by atoms with Gasteiger partial charge in [0.1, 0.15) is 11.6 Å². The second kappa shape index (κ2) is 8.22. The highest BCUT2D eigenvalue weighted by Crippen LogP contribution is 2.32. The van der Waals surface area contributed by atoms with Gasteiger partial charge in [-0.25, -0.2) is 4.39 Å². The molecular weight excluding hydrogens is 307 g/mol. The van der Waals surface area contributed by atoms with Gasteiger partial charge < -0.3 is 15.2 Å². The summed E-state index contributed by atoms with van der Waals surface area (Å²) in [6.45, 7) is 1.38. The predicted octanol–water partition coefficient (Wildman–Crippen LogP) is 2.88. The van der Waals surface area contributed by atoms with Crippen LogP contribution in [0.5, 0.6) is 5.75 Å². The van der Waals surface area contributed by atoms with Crippen molar-refractivity contribution in [1.82, 2.24) is 10.3 Å². The Bertz CT molecular complexity index is 651. The number of ether oxygens (including phenoxy) is 1. The molecule has 0 bridgehead atoms. The average molecular weight is 330 g/mol. The summed E-state index contributed by atoms with van der Waals surface area (Å²) in [4.78, 5) is 4.32. The van der Waals surface area contributed by atoms with Gasteiger partial charge >= 0.3 is 0 Å². The van der Waals surface area contributed by atoms with Crippen LogP contribution in [0.2, 0.25) is 0 Å². The maximum atomic E-state index is 13.4. The largest absolute Gasteiger partial charge is 0.493 e. The molecule has 1 aromatic carbocycles. The lowest BCUT2D eigenvalue weighted by Gasteiger charge is -2.22. The molecule has 1 aromatic heterocycles. The minimum absolute atomic E-state index is 0.0907. The van der Waals surface area contributed by atoms with Crippen LogP contribution in [0.15, 0.2) is 42.6 Å². The molecule has 0 spiro atoms. The molecule has 0 amide bonds. The predicted molar refractivity (Wildman–Crippen MR) is 90.4 cm³/mol.